The molecule has 0 aliphatic heterocycles. The molecule has 1 heterocycles. The Morgan fingerprint density at radius 2 is 2.10 bits per heavy atom. The lowest BCUT2D eigenvalue weighted by Gasteiger charge is -2.16. The van der Waals surface area contributed by atoms with Crippen LogP contribution < -0.4 is 10.1 Å². The van der Waals surface area contributed by atoms with Crippen molar-refractivity contribution in [2.24, 2.45) is 0 Å². The number of nitrogens with one attached hydrogen (secondary N) is 1. The molecule has 2 aromatic rings. The SMILES string of the molecule is Cc1cccc(O[C@H](C)C(=O)NCc2ccco2)c1C. The largest absolute Gasteiger partial charge is 0.481 e. The molecule has 4 nitrogen and oxygen atoms in total. The van der Waals surface area contributed by atoms with E-state index in [1.54, 1.807) is 19.3 Å². The van der Waals surface area contributed by atoms with Crippen molar-refractivity contribution < 1.29 is 13.9 Å². The van der Waals surface area contributed by atoms with Gasteiger partial charge in [0.15, 0.2) is 6.10 Å². The quantitative estimate of drug-likeness (QED) is 0.911. The van der Waals surface area contributed by atoms with Crippen LogP contribution in [0.3, 0.4) is 0 Å². The smallest absolute Gasteiger partial charge is 0.261 e. The Bertz CT molecular complexity index is 575. The van der Waals surface area contributed by atoms with Crippen LogP contribution in [0.2, 0.25) is 0 Å². The number of hydrogen-bond acceptors (Lipinski definition) is 3. The van der Waals surface area contributed by atoms with Crippen LogP contribution in [-0.2, 0) is 11.3 Å². The van der Waals surface area contributed by atoms with Crippen molar-refractivity contribution in [2.45, 2.75) is 33.4 Å². The van der Waals surface area contributed by atoms with Crippen molar-refractivity contribution in [3.05, 3.63) is 53.5 Å². The predicted molar refractivity (Wildman–Crippen MR) is 76.6 cm³/mol. The van der Waals surface area contributed by atoms with E-state index in [9.17, 15) is 4.79 Å². The number of carbonyl (C=O) groups excluding carboxylic acids is 1. The molecule has 0 aliphatic rings. The first-order valence-electron chi connectivity index (χ1n) is 6.61. The molecule has 0 spiro atoms. The normalized spacial score (nSPS) is 11.9. The van der Waals surface area contributed by atoms with Gasteiger partial charge in [0.1, 0.15) is 11.5 Å². The van der Waals surface area contributed by atoms with Crippen LogP contribution in [0.15, 0.2) is 41.0 Å². The number of furan rings is 1. The summed E-state index contributed by atoms with van der Waals surface area (Å²) in [7, 11) is 0. The zero-order chi connectivity index (χ0) is 14.5. The summed E-state index contributed by atoms with van der Waals surface area (Å²) in [6.45, 7) is 6.10. The second-order valence-electron chi connectivity index (χ2n) is 4.76. The second-order valence-corrected chi connectivity index (χ2v) is 4.76. The van der Waals surface area contributed by atoms with Crippen molar-refractivity contribution in [2.75, 3.05) is 0 Å². The van der Waals surface area contributed by atoms with E-state index in [1.165, 1.54) is 0 Å². The first-order valence-corrected chi connectivity index (χ1v) is 6.61. The Morgan fingerprint density at radius 3 is 2.80 bits per heavy atom. The van der Waals surface area contributed by atoms with Crippen LogP contribution in [0.25, 0.3) is 0 Å². The number of amides is 1. The van der Waals surface area contributed by atoms with Crippen LogP contribution in [0.4, 0.5) is 0 Å². The van der Waals surface area contributed by atoms with E-state index in [0.717, 1.165) is 22.6 Å². The highest BCUT2D eigenvalue weighted by atomic mass is 16.5. The number of aryl methyl sites for hydroxylation is 1. The third-order valence-electron chi connectivity index (χ3n) is 3.24. The molecule has 1 atom stereocenters. The van der Waals surface area contributed by atoms with E-state index in [4.69, 9.17) is 9.15 Å². The van der Waals surface area contributed by atoms with Crippen LogP contribution in [0, 0.1) is 13.8 Å². The lowest BCUT2D eigenvalue weighted by Crippen LogP contribution is -2.36. The van der Waals surface area contributed by atoms with Crippen LogP contribution in [0.5, 0.6) is 5.75 Å². The maximum atomic E-state index is 12.0. The lowest BCUT2D eigenvalue weighted by molar-refractivity contribution is -0.127. The fraction of sp³-hybridized carbons (Fsp3) is 0.312. The van der Waals surface area contributed by atoms with Gasteiger partial charge in [-0.25, -0.2) is 0 Å². The van der Waals surface area contributed by atoms with E-state index in [1.807, 2.05) is 38.1 Å². The minimum Gasteiger partial charge on any atom is -0.481 e. The molecule has 1 aromatic carbocycles. The molecule has 0 fully saturated rings. The van der Waals surface area contributed by atoms with Gasteiger partial charge in [0.05, 0.1) is 12.8 Å². The third kappa shape index (κ3) is 3.41. The summed E-state index contributed by atoms with van der Waals surface area (Å²) >= 11 is 0. The Labute approximate surface area is 118 Å². The van der Waals surface area contributed by atoms with Gasteiger partial charge in [-0.15, -0.1) is 0 Å². The molecule has 1 amide bonds. The standard InChI is InChI=1S/C16H19NO3/c1-11-6-4-8-15(12(11)2)20-13(3)16(18)17-10-14-7-5-9-19-14/h4-9,13H,10H2,1-3H3,(H,17,18)/t13-/m1/s1. The van der Waals surface area contributed by atoms with E-state index in [-0.39, 0.29) is 5.91 Å². The number of benzene rings is 1. The average molecular weight is 273 g/mol. The van der Waals surface area contributed by atoms with Gasteiger partial charge < -0.3 is 14.5 Å². The highest BCUT2D eigenvalue weighted by Crippen LogP contribution is 2.21. The van der Waals surface area contributed by atoms with Gasteiger partial charge in [-0.2, -0.15) is 0 Å². The number of ether oxygens (including phenoxy) is 1. The van der Waals surface area contributed by atoms with Crippen LogP contribution in [-0.4, -0.2) is 12.0 Å². The maximum absolute atomic E-state index is 12.0. The summed E-state index contributed by atoms with van der Waals surface area (Å²) in [5, 5.41) is 2.78. The molecule has 1 N–H and O–H groups in total. The predicted octanol–water partition coefficient (Wildman–Crippen LogP) is 2.98. The van der Waals surface area contributed by atoms with Crippen molar-refractivity contribution >= 4 is 5.91 Å². The van der Waals surface area contributed by atoms with Crippen molar-refractivity contribution in [3.63, 3.8) is 0 Å². The molecule has 1 aromatic heterocycles. The average Bonchev–Trinajstić information content (AvgIpc) is 2.94. The summed E-state index contributed by atoms with van der Waals surface area (Å²) < 4.78 is 10.9. The fourth-order valence-electron chi connectivity index (χ4n) is 1.83. The summed E-state index contributed by atoms with van der Waals surface area (Å²) in [6.07, 6.45) is 1.03. The molecule has 0 unspecified atom stereocenters. The summed E-state index contributed by atoms with van der Waals surface area (Å²) in [4.78, 5) is 12.0. The number of hydrogen-bond donors (Lipinski definition) is 1. The molecule has 0 saturated carbocycles. The van der Waals surface area contributed by atoms with Gasteiger partial charge in [-0.05, 0) is 50.1 Å². The highest BCUT2D eigenvalue weighted by Gasteiger charge is 2.16. The van der Waals surface area contributed by atoms with E-state index in [2.05, 4.69) is 5.32 Å². The van der Waals surface area contributed by atoms with Gasteiger partial charge >= 0.3 is 0 Å². The van der Waals surface area contributed by atoms with Crippen LogP contribution in [0.1, 0.15) is 23.8 Å². The molecule has 4 heteroatoms. The zero-order valence-electron chi connectivity index (χ0n) is 12.0. The van der Waals surface area contributed by atoms with E-state index >= 15 is 0 Å². The number of carbonyl (C=O) groups is 1. The number of rotatable bonds is 5. The highest BCUT2D eigenvalue weighted by molar-refractivity contribution is 5.80. The molecular formula is C16H19NO3. The molecular weight excluding hydrogens is 254 g/mol. The maximum Gasteiger partial charge on any atom is 0.261 e. The van der Waals surface area contributed by atoms with Crippen LogP contribution >= 0.6 is 0 Å². The third-order valence-corrected chi connectivity index (χ3v) is 3.24. The molecule has 20 heavy (non-hydrogen) atoms. The molecule has 106 valence electrons. The monoisotopic (exact) mass is 273 g/mol. The lowest BCUT2D eigenvalue weighted by atomic mass is 10.1. The van der Waals surface area contributed by atoms with Gasteiger partial charge in [0.25, 0.3) is 5.91 Å². The van der Waals surface area contributed by atoms with E-state index < -0.39 is 6.10 Å². The zero-order valence-corrected chi connectivity index (χ0v) is 12.0. The second kappa shape index (κ2) is 6.28. The van der Waals surface area contributed by atoms with E-state index in [0.29, 0.717) is 6.54 Å². The minimum atomic E-state index is -0.550. The summed E-state index contributed by atoms with van der Waals surface area (Å²) in [5.74, 6) is 1.30. The van der Waals surface area contributed by atoms with Gasteiger partial charge in [-0.3, -0.25) is 4.79 Å². The fourth-order valence-corrected chi connectivity index (χ4v) is 1.83. The summed E-state index contributed by atoms with van der Waals surface area (Å²) in [5.41, 5.74) is 2.20. The van der Waals surface area contributed by atoms with Gasteiger partial charge in [0.2, 0.25) is 0 Å². The Kier molecular flexibility index (Phi) is 4.45. The van der Waals surface area contributed by atoms with Crippen molar-refractivity contribution in [1.29, 1.82) is 0 Å². The topological polar surface area (TPSA) is 51.5 Å². The molecule has 0 bridgehead atoms. The van der Waals surface area contributed by atoms with Crippen molar-refractivity contribution in [1.82, 2.24) is 5.32 Å². The first-order chi connectivity index (χ1) is 9.58. The van der Waals surface area contributed by atoms with Gasteiger partial charge in [0, 0.05) is 0 Å². The van der Waals surface area contributed by atoms with Gasteiger partial charge in [-0.1, -0.05) is 12.1 Å². The molecule has 0 aliphatic carbocycles. The van der Waals surface area contributed by atoms with Crippen molar-refractivity contribution in [3.8, 4) is 5.75 Å². The minimum absolute atomic E-state index is 0.165. The Hall–Kier alpha value is -2.23. The molecule has 2 rings (SSSR count). The summed E-state index contributed by atoms with van der Waals surface area (Å²) in [6, 6.07) is 9.42. The Balaban J connectivity index is 1.92. The first kappa shape index (κ1) is 14.2. The molecule has 0 radical (unpaired) electrons. The molecule has 0 saturated heterocycles. The Morgan fingerprint density at radius 1 is 1.30 bits per heavy atom.